The number of fused-ring (bicyclic) bond motifs is 1. The maximum Gasteiger partial charge on any atom is 0.254 e. The van der Waals surface area contributed by atoms with Gasteiger partial charge in [0.2, 0.25) is 0 Å². The van der Waals surface area contributed by atoms with Crippen LogP contribution in [0.2, 0.25) is 0 Å². The van der Waals surface area contributed by atoms with Gasteiger partial charge in [-0.3, -0.25) is 9.69 Å². The smallest absolute Gasteiger partial charge is 0.254 e. The van der Waals surface area contributed by atoms with Crippen LogP contribution in [0.1, 0.15) is 74.2 Å². The molecule has 3 heterocycles. The summed E-state index contributed by atoms with van der Waals surface area (Å²) in [5.74, 6) is 0.809. The number of likely N-dealkylation sites (tertiary alicyclic amines) is 1. The van der Waals surface area contributed by atoms with Crippen LogP contribution in [0, 0.1) is 0 Å². The molecule has 1 amide bonds. The second-order valence-electron chi connectivity index (χ2n) is 10.2. The molecule has 2 aromatic rings. The molecule has 0 spiro atoms. The van der Waals surface area contributed by atoms with Gasteiger partial charge in [-0.25, -0.2) is 0 Å². The van der Waals surface area contributed by atoms with Gasteiger partial charge in [-0.05, 0) is 76.2 Å². The van der Waals surface area contributed by atoms with Crippen molar-refractivity contribution in [2.75, 3.05) is 39.3 Å². The summed E-state index contributed by atoms with van der Waals surface area (Å²) < 4.78 is 0. The third kappa shape index (κ3) is 4.27. The van der Waals surface area contributed by atoms with Crippen molar-refractivity contribution in [1.29, 1.82) is 0 Å². The van der Waals surface area contributed by atoms with Gasteiger partial charge >= 0.3 is 0 Å². The van der Waals surface area contributed by atoms with E-state index in [1.165, 1.54) is 62.6 Å². The third-order valence-electron chi connectivity index (χ3n) is 8.10. The molecule has 3 fully saturated rings. The molecule has 0 radical (unpaired) electrons. The van der Waals surface area contributed by atoms with Crippen LogP contribution in [-0.4, -0.2) is 76.9 Å². The van der Waals surface area contributed by atoms with Crippen molar-refractivity contribution >= 4 is 16.8 Å². The number of amides is 1. The fourth-order valence-corrected chi connectivity index (χ4v) is 6.09. The van der Waals surface area contributed by atoms with Crippen molar-refractivity contribution in [2.45, 2.75) is 70.4 Å². The van der Waals surface area contributed by atoms with Crippen molar-refractivity contribution in [3.63, 3.8) is 0 Å². The summed E-state index contributed by atoms with van der Waals surface area (Å²) in [6.45, 7) is 10.7. The zero-order chi connectivity index (χ0) is 21.4. The molecule has 0 bridgehead atoms. The Labute approximate surface area is 186 Å². The summed E-state index contributed by atoms with van der Waals surface area (Å²) in [7, 11) is 0. The van der Waals surface area contributed by atoms with Gasteiger partial charge in [-0.2, -0.15) is 0 Å². The van der Waals surface area contributed by atoms with Crippen LogP contribution in [-0.2, 0) is 0 Å². The standard InChI is InChI=1S/C26H38N4O/c1-19(2)28-11-9-20(10-12-28)24-18-27-25-17-21(7-8-23(24)25)26(31)30-15-13-29(14-16-30)22-5-3-4-6-22/h7-8,17-20,22,27H,3-6,9-16H2,1-2H3. The summed E-state index contributed by atoms with van der Waals surface area (Å²) in [6, 6.07) is 7.70. The fraction of sp³-hybridized carbons (Fsp3) is 0.654. The molecule has 1 aromatic heterocycles. The van der Waals surface area contributed by atoms with Gasteiger partial charge in [-0.1, -0.05) is 18.9 Å². The maximum atomic E-state index is 13.2. The number of benzene rings is 1. The van der Waals surface area contributed by atoms with Crippen LogP contribution in [0.25, 0.3) is 10.9 Å². The van der Waals surface area contributed by atoms with Gasteiger partial charge in [0, 0.05) is 60.9 Å². The summed E-state index contributed by atoms with van der Waals surface area (Å²) in [5.41, 5.74) is 3.36. The van der Waals surface area contributed by atoms with E-state index in [4.69, 9.17) is 0 Å². The lowest BCUT2D eigenvalue weighted by molar-refractivity contribution is 0.0573. The summed E-state index contributed by atoms with van der Waals surface area (Å²) in [4.78, 5) is 23.9. The number of carbonyl (C=O) groups excluding carboxylic acids is 1. The summed E-state index contributed by atoms with van der Waals surface area (Å²) in [5, 5.41) is 1.30. The minimum atomic E-state index is 0.189. The molecule has 5 rings (SSSR count). The first-order chi connectivity index (χ1) is 15.1. The molecule has 1 aliphatic carbocycles. The number of hydrogen-bond donors (Lipinski definition) is 1. The lowest BCUT2D eigenvalue weighted by Gasteiger charge is -2.38. The van der Waals surface area contributed by atoms with Crippen LogP contribution in [0.3, 0.4) is 0 Å². The van der Waals surface area contributed by atoms with Crippen molar-refractivity contribution in [2.24, 2.45) is 0 Å². The first kappa shape index (κ1) is 21.0. The van der Waals surface area contributed by atoms with Crippen LogP contribution in [0.5, 0.6) is 0 Å². The first-order valence-electron chi connectivity index (χ1n) is 12.5. The SMILES string of the molecule is CC(C)N1CCC(c2c[nH]c3cc(C(=O)N4CCN(C5CCCC5)CC4)ccc23)CC1. The minimum absolute atomic E-state index is 0.189. The topological polar surface area (TPSA) is 42.6 Å². The summed E-state index contributed by atoms with van der Waals surface area (Å²) >= 11 is 0. The first-order valence-corrected chi connectivity index (χ1v) is 12.5. The monoisotopic (exact) mass is 422 g/mol. The highest BCUT2D eigenvalue weighted by molar-refractivity contribution is 5.98. The number of aromatic nitrogens is 1. The average molecular weight is 423 g/mol. The Hall–Kier alpha value is -1.85. The molecule has 0 atom stereocenters. The lowest BCUT2D eigenvalue weighted by Crippen LogP contribution is -2.51. The van der Waals surface area contributed by atoms with Crippen LogP contribution in [0.15, 0.2) is 24.4 Å². The Balaban J connectivity index is 1.24. The molecule has 168 valence electrons. The minimum Gasteiger partial charge on any atom is -0.361 e. The molecule has 1 saturated carbocycles. The maximum absolute atomic E-state index is 13.2. The lowest BCUT2D eigenvalue weighted by atomic mass is 9.88. The Kier molecular flexibility index (Phi) is 6.07. The van der Waals surface area contributed by atoms with E-state index in [-0.39, 0.29) is 5.91 Å². The van der Waals surface area contributed by atoms with Crippen LogP contribution >= 0.6 is 0 Å². The number of carbonyl (C=O) groups is 1. The highest BCUT2D eigenvalue weighted by Crippen LogP contribution is 2.34. The average Bonchev–Trinajstić information content (AvgIpc) is 3.49. The number of rotatable bonds is 4. The van der Waals surface area contributed by atoms with Crippen molar-refractivity contribution in [3.8, 4) is 0 Å². The zero-order valence-electron chi connectivity index (χ0n) is 19.3. The largest absolute Gasteiger partial charge is 0.361 e. The molecular formula is C26H38N4O. The number of H-pyrrole nitrogens is 1. The number of nitrogens with zero attached hydrogens (tertiary/aromatic N) is 3. The quantitative estimate of drug-likeness (QED) is 0.791. The molecule has 2 aliphatic heterocycles. The van der Waals surface area contributed by atoms with Crippen LogP contribution in [0.4, 0.5) is 0 Å². The van der Waals surface area contributed by atoms with Crippen molar-refractivity contribution in [3.05, 3.63) is 35.5 Å². The number of aromatic amines is 1. The Morgan fingerprint density at radius 1 is 0.968 bits per heavy atom. The van der Waals surface area contributed by atoms with E-state index < -0.39 is 0 Å². The van der Waals surface area contributed by atoms with E-state index >= 15 is 0 Å². The third-order valence-corrected chi connectivity index (χ3v) is 8.10. The van der Waals surface area contributed by atoms with Gasteiger partial charge in [0.05, 0.1) is 0 Å². The van der Waals surface area contributed by atoms with Gasteiger partial charge in [0.25, 0.3) is 5.91 Å². The second-order valence-corrected chi connectivity index (χ2v) is 10.2. The molecule has 1 aromatic carbocycles. The molecule has 5 nitrogen and oxygen atoms in total. The van der Waals surface area contributed by atoms with E-state index in [9.17, 15) is 4.79 Å². The molecule has 5 heteroatoms. The predicted octanol–water partition coefficient (Wildman–Crippen LogP) is 4.46. The van der Waals surface area contributed by atoms with Crippen molar-refractivity contribution < 1.29 is 4.79 Å². The molecule has 31 heavy (non-hydrogen) atoms. The zero-order valence-corrected chi connectivity index (χ0v) is 19.3. The number of nitrogens with one attached hydrogen (secondary N) is 1. The normalized spacial score (nSPS) is 22.7. The Morgan fingerprint density at radius 2 is 1.68 bits per heavy atom. The highest BCUT2D eigenvalue weighted by Gasteiger charge is 2.29. The predicted molar refractivity (Wildman–Crippen MR) is 127 cm³/mol. The Morgan fingerprint density at radius 3 is 2.35 bits per heavy atom. The van der Waals surface area contributed by atoms with E-state index in [0.717, 1.165) is 43.3 Å². The Bertz CT molecular complexity index is 897. The molecular weight excluding hydrogens is 384 g/mol. The van der Waals surface area contributed by atoms with E-state index in [1.54, 1.807) is 0 Å². The number of piperidine rings is 1. The van der Waals surface area contributed by atoms with Crippen LogP contribution < -0.4 is 0 Å². The summed E-state index contributed by atoms with van der Waals surface area (Å²) in [6.07, 6.45) is 10.1. The fourth-order valence-electron chi connectivity index (χ4n) is 6.09. The highest BCUT2D eigenvalue weighted by atomic mass is 16.2. The van der Waals surface area contributed by atoms with Crippen molar-refractivity contribution in [1.82, 2.24) is 19.7 Å². The van der Waals surface area contributed by atoms with Gasteiger partial charge in [0.15, 0.2) is 0 Å². The molecule has 3 aliphatic rings. The van der Waals surface area contributed by atoms with E-state index in [2.05, 4.69) is 57.9 Å². The molecule has 2 saturated heterocycles. The number of piperazine rings is 1. The molecule has 1 N–H and O–H groups in total. The second kappa shape index (κ2) is 8.95. The van der Waals surface area contributed by atoms with Gasteiger partial charge in [0.1, 0.15) is 0 Å². The van der Waals surface area contributed by atoms with E-state index in [0.29, 0.717) is 12.0 Å². The number of hydrogen-bond acceptors (Lipinski definition) is 3. The van der Waals surface area contributed by atoms with Gasteiger partial charge in [-0.15, -0.1) is 0 Å². The molecule has 0 unspecified atom stereocenters. The van der Waals surface area contributed by atoms with Gasteiger partial charge < -0.3 is 14.8 Å². The van der Waals surface area contributed by atoms with E-state index in [1.807, 2.05) is 0 Å².